The van der Waals surface area contributed by atoms with Gasteiger partial charge in [0.25, 0.3) is 0 Å². The number of pyridine rings is 1. The fourth-order valence-electron chi connectivity index (χ4n) is 2.65. The standard InChI is InChI=1S/C17H22F4N2O2/c1-15(2,3)25-14(24)23-9-7-16(18,8-10-23)11-12-5-4-6-13(22-12)17(19,20)21/h4-6H,7-11H2,1-3H3. The Bertz CT molecular complexity index is 618. The number of amides is 1. The number of hydrogen-bond acceptors (Lipinski definition) is 3. The van der Waals surface area contributed by atoms with Gasteiger partial charge in [0.2, 0.25) is 0 Å². The normalized spacial score (nSPS) is 18.1. The molecule has 0 unspecified atom stereocenters. The summed E-state index contributed by atoms with van der Waals surface area (Å²) >= 11 is 0. The highest BCUT2D eigenvalue weighted by Gasteiger charge is 2.38. The molecule has 2 rings (SSSR count). The zero-order valence-corrected chi connectivity index (χ0v) is 14.5. The van der Waals surface area contributed by atoms with E-state index in [0.29, 0.717) is 0 Å². The maximum atomic E-state index is 15.0. The molecule has 0 saturated carbocycles. The maximum Gasteiger partial charge on any atom is 0.433 e. The summed E-state index contributed by atoms with van der Waals surface area (Å²) in [5.41, 5.74) is -3.29. The number of likely N-dealkylation sites (tertiary alicyclic amines) is 1. The van der Waals surface area contributed by atoms with Gasteiger partial charge in [0.1, 0.15) is 17.0 Å². The number of nitrogens with zero attached hydrogens (tertiary/aromatic N) is 2. The molecule has 0 spiro atoms. The number of carbonyl (C=O) groups excluding carboxylic acids is 1. The molecule has 140 valence electrons. The van der Waals surface area contributed by atoms with Crippen LogP contribution in [0.15, 0.2) is 18.2 Å². The van der Waals surface area contributed by atoms with Crippen molar-refractivity contribution in [2.75, 3.05) is 13.1 Å². The molecule has 2 heterocycles. The van der Waals surface area contributed by atoms with Gasteiger partial charge in [-0.1, -0.05) is 6.07 Å². The molecule has 1 aromatic heterocycles. The lowest BCUT2D eigenvalue weighted by Gasteiger charge is -2.37. The van der Waals surface area contributed by atoms with Gasteiger partial charge in [-0.15, -0.1) is 0 Å². The Morgan fingerprint density at radius 3 is 2.36 bits per heavy atom. The fraction of sp³-hybridized carbons (Fsp3) is 0.647. The molecule has 4 nitrogen and oxygen atoms in total. The first-order valence-electron chi connectivity index (χ1n) is 8.08. The lowest BCUT2D eigenvalue weighted by Crippen LogP contribution is -2.47. The molecule has 0 aliphatic carbocycles. The van der Waals surface area contributed by atoms with Gasteiger partial charge in [-0.25, -0.2) is 14.2 Å². The van der Waals surface area contributed by atoms with E-state index >= 15 is 0 Å². The minimum atomic E-state index is -4.56. The van der Waals surface area contributed by atoms with Crippen LogP contribution in [0.4, 0.5) is 22.4 Å². The molecule has 0 bridgehead atoms. The number of halogens is 4. The van der Waals surface area contributed by atoms with Crippen LogP contribution in [-0.4, -0.2) is 40.3 Å². The van der Waals surface area contributed by atoms with Crippen molar-refractivity contribution in [3.05, 3.63) is 29.6 Å². The lowest BCUT2D eigenvalue weighted by atomic mass is 9.88. The van der Waals surface area contributed by atoms with E-state index in [2.05, 4.69) is 4.98 Å². The van der Waals surface area contributed by atoms with E-state index in [4.69, 9.17) is 4.74 Å². The number of aromatic nitrogens is 1. The highest BCUT2D eigenvalue weighted by atomic mass is 19.4. The second kappa shape index (κ2) is 6.80. The molecule has 0 N–H and O–H groups in total. The summed E-state index contributed by atoms with van der Waals surface area (Å²) < 4.78 is 58.3. The summed E-state index contributed by atoms with van der Waals surface area (Å²) in [5.74, 6) is 0. The summed E-state index contributed by atoms with van der Waals surface area (Å²) in [6.45, 7) is 5.55. The molecule has 25 heavy (non-hydrogen) atoms. The molecular formula is C17H22F4N2O2. The van der Waals surface area contributed by atoms with Crippen molar-refractivity contribution in [1.82, 2.24) is 9.88 Å². The Hall–Kier alpha value is -1.86. The third kappa shape index (κ3) is 5.57. The molecule has 1 aliphatic heterocycles. The lowest BCUT2D eigenvalue weighted by molar-refractivity contribution is -0.141. The maximum absolute atomic E-state index is 15.0. The molecule has 0 aromatic carbocycles. The zero-order valence-electron chi connectivity index (χ0n) is 14.5. The number of hydrogen-bond donors (Lipinski definition) is 0. The van der Waals surface area contributed by atoms with Crippen LogP contribution in [0, 0.1) is 0 Å². The van der Waals surface area contributed by atoms with E-state index in [9.17, 15) is 22.4 Å². The van der Waals surface area contributed by atoms with Gasteiger partial charge in [0.05, 0.1) is 0 Å². The Morgan fingerprint density at radius 1 is 1.24 bits per heavy atom. The number of ether oxygens (including phenoxy) is 1. The number of alkyl halides is 4. The summed E-state index contributed by atoms with van der Waals surface area (Å²) in [4.78, 5) is 16.9. The molecule has 1 saturated heterocycles. The van der Waals surface area contributed by atoms with Crippen LogP contribution in [0.2, 0.25) is 0 Å². The third-order valence-electron chi connectivity index (χ3n) is 3.91. The highest BCUT2D eigenvalue weighted by molar-refractivity contribution is 5.68. The zero-order chi connectivity index (χ0) is 18.9. The topological polar surface area (TPSA) is 42.4 Å². The van der Waals surface area contributed by atoms with Crippen molar-refractivity contribution >= 4 is 6.09 Å². The summed E-state index contributed by atoms with van der Waals surface area (Å²) in [7, 11) is 0. The molecule has 0 radical (unpaired) electrons. The average Bonchev–Trinajstić information content (AvgIpc) is 2.45. The van der Waals surface area contributed by atoms with Crippen LogP contribution in [-0.2, 0) is 17.3 Å². The summed E-state index contributed by atoms with van der Waals surface area (Å²) in [6, 6.07) is 3.47. The second-order valence-electron chi connectivity index (χ2n) is 7.31. The first kappa shape index (κ1) is 19.5. The van der Waals surface area contributed by atoms with E-state index in [1.54, 1.807) is 20.8 Å². The molecule has 8 heteroatoms. The van der Waals surface area contributed by atoms with Gasteiger partial charge in [0, 0.05) is 25.2 Å². The minimum Gasteiger partial charge on any atom is -0.444 e. The average molecular weight is 362 g/mol. The van der Waals surface area contributed by atoms with Crippen molar-refractivity contribution in [3.8, 4) is 0 Å². The first-order chi connectivity index (χ1) is 11.4. The number of piperidine rings is 1. The molecule has 1 aliphatic rings. The van der Waals surface area contributed by atoms with Gasteiger partial charge in [0.15, 0.2) is 0 Å². The molecular weight excluding hydrogens is 340 g/mol. The fourth-order valence-corrected chi connectivity index (χ4v) is 2.65. The highest BCUT2D eigenvalue weighted by Crippen LogP contribution is 2.32. The van der Waals surface area contributed by atoms with Crippen LogP contribution in [0.5, 0.6) is 0 Å². The third-order valence-corrected chi connectivity index (χ3v) is 3.91. The Balaban J connectivity index is 1.98. The molecule has 1 amide bonds. The predicted octanol–water partition coefficient (Wildman–Crippen LogP) is 4.38. The van der Waals surface area contributed by atoms with E-state index in [1.165, 1.54) is 17.0 Å². The van der Waals surface area contributed by atoms with Gasteiger partial charge in [-0.2, -0.15) is 13.2 Å². The van der Waals surface area contributed by atoms with Gasteiger partial charge in [-0.05, 0) is 45.7 Å². The second-order valence-corrected chi connectivity index (χ2v) is 7.31. The van der Waals surface area contributed by atoms with E-state index in [0.717, 1.165) is 6.07 Å². The van der Waals surface area contributed by atoms with E-state index in [-0.39, 0.29) is 38.0 Å². The SMILES string of the molecule is CC(C)(C)OC(=O)N1CCC(F)(Cc2cccc(C(F)(F)F)n2)CC1. The van der Waals surface area contributed by atoms with Gasteiger partial charge in [-0.3, -0.25) is 0 Å². The summed E-state index contributed by atoms with van der Waals surface area (Å²) in [5, 5.41) is 0. The van der Waals surface area contributed by atoms with Gasteiger partial charge >= 0.3 is 12.3 Å². The van der Waals surface area contributed by atoms with Crippen LogP contribution < -0.4 is 0 Å². The molecule has 0 atom stereocenters. The van der Waals surface area contributed by atoms with Crippen LogP contribution in [0.1, 0.15) is 45.0 Å². The number of carbonyl (C=O) groups is 1. The van der Waals surface area contributed by atoms with Crippen molar-refractivity contribution in [2.24, 2.45) is 0 Å². The number of rotatable bonds is 2. The van der Waals surface area contributed by atoms with Crippen molar-refractivity contribution < 1.29 is 27.1 Å². The van der Waals surface area contributed by atoms with Gasteiger partial charge < -0.3 is 9.64 Å². The predicted molar refractivity (Wildman–Crippen MR) is 83.8 cm³/mol. The quantitative estimate of drug-likeness (QED) is 0.733. The minimum absolute atomic E-state index is 0.0319. The Kier molecular flexibility index (Phi) is 5.30. The van der Waals surface area contributed by atoms with Crippen molar-refractivity contribution in [2.45, 2.75) is 57.5 Å². The van der Waals surface area contributed by atoms with E-state index in [1.807, 2.05) is 0 Å². The van der Waals surface area contributed by atoms with Crippen molar-refractivity contribution in [3.63, 3.8) is 0 Å². The van der Waals surface area contributed by atoms with Crippen LogP contribution >= 0.6 is 0 Å². The monoisotopic (exact) mass is 362 g/mol. The smallest absolute Gasteiger partial charge is 0.433 e. The Labute approximate surface area is 144 Å². The molecule has 1 fully saturated rings. The van der Waals surface area contributed by atoms with E-state index < -0.39 is 29.2 Å². The molecule has 1 aromatic rings. The van der Waals surface area contributed by atoms with Crippen LogP contribution in [0.3, 0.4) is 0 Å². The van der Waals surface area contributed by atoms with Crippen molar-refractivity contribution in [1.29, 1.82) is 0 Å². The summed E-state index contributed by atoms with van der Waals surface area (Å²) in [6.07, 6.45) is -5.21. The first-order valence-corrected chi connectivity index (χ1v) is 8.08. The van der Waals surface area contributed by atoms with Crippen LogP contribution in [0.25, 0.3) is 0 Å². The largest absolute Gasteiger partial charge is 0.444 e. The Morgan fingerprint density at radius 2 is 1.84 bits per heavy atom.